The number of methoxy groups -OCH3 is 1. The largest absolute Gasteiger partial charge is 0.497 e. The first-order valence-electron chi connectivity index (χ1n) is 12.5. The second-order valence-electron chi connectivity index (χ2n) is 9.97. The van der Waals surface area contributed by atoms with Gasteiger partial charge in [-0.1, -0.05) is 25.3 Å². The Bertz CT molecular complexity index is 1080. The first-order valence-corrected chi connectivity index (χ1v) is 14.0. The van der Waals surface area contributed by atoms with Crippen LogP contribution in [0, 0.1) is 0 Å². The van der Waals surface area contributed by atoms with Crippen LogP contribution in [0.25, 0.3) is 0 Å². The lowest BCUT2D eigenvalue weighted by Gasteiger charge is -2.46. The van der Waals surface area contributed by atoms with Crippen LogP contribution in [0.15, 0.2) is 52.3 Å². The number of benzene rings is 2. The molecule has 1 heterocycles. The topological polar surface area (TPSA) is 49.9 Å². The maximum atomic E-state index is 13.2. The molecule has 0 amide bonds. The molecule has 0 radical (unpaired) electrons. The van der Waals surface area contributed by atoms with Gasteiger partial charge in [-0.05, 0) is 80.1 Å². The number of piperazine rings is 1. The molecular formula is C27H36N2O3S. The van der Waals surface area contributed by atoms with Crippen LogP contribution in [-0.2, 0) is 16.3 Å². The zero-order chi connectivity index (χ0) is 23.0. The smallest absolute Gasteiger partial charge is 0.206 e. The number of aryl methyl sites for hydroxylation is 1. The van der Waals surface area contributed by atoms with Gasteiger partial charge >= 0.3 is 0 Å². The van der Waals surface area contributed by atoms with Gasteiger partial charge in [0.05, 0.1) is 16.9 Å². The van der Waals surface area contributed by atoms with E-state index in [1.54, 1.807) is 37.4 Å². The second kappa shape index (κ2) is 9.40. The molecule has 0 bridgehead atoms. The minimum Gasteiger partial charge on any atom is -0.497 e. The summed E-state index contributed by atoms with van der Waals surface area (Å²) < 4.78 is 31.6. The molecule has 5 rings (SSSR count). The Balaban J connectivity index is 1.31. The molecule has 0 aromatic heterocycles. The number of nitrogens with zero attached hydrogens (tertiary/aromatic N) is 2. The first-order chi connectivity index (χ1) is 16.0. The predicted molar refractivity (Wildman–Crippen MR) is 131 cm³/mol. The fourth-order valence-corrected chi connectivity index (χ4v) is 7.53. The van der Waals surface area contributed by atoms with E-state index in [2.05, 4.69) is 22.8 Å². The molecule has 3 aliphatic rings. The predicted octanol–water partition coefficient (Wildman–Crippen LogP) is 4.85. The van der Waals surface area contributed by atoms with E-state index in [-0.39, 0.29) is 0 Å². The zero-order valence-corrected chi connectivity index (χ0v) is 20.7. The Kier molecular flexibility index (Phi) is 6.51. The molecule has 2 aromatic rings. The highest BCUT2D eigenvalue weighted by molar-refractivity contribution is 7.91. The monoisotopic (exact) mass is 468 g/mol. The van der Waals surface area contributed by atoms with Crippen molar-refractivity contribution in [3.05, 3.63) is 53.6 Å². The van der Waals surface area contributed by atoms with Gasteiger partial charge in [0.2, 0.25) is 9.84 Å². The van der Waals surface area contributed by atoms with Crippen molar-refractivity contribution in [2.45, 2.75) is 79.8 Å². The Morgan fingerprint density at radius 3 is 2.33 bits per heavy atom. The lowest BCUT2D eigenvalue weighted by Crippen LogP contribution is -2.55. The lowest BCUT2D eigenvalue weighted by molar-refractivity contribution is 0.0186. The number of hydrogen-bond donors (Lipinski definition) is 0. The van der Waals surface area contributed by atoms with Gasteiger partial charge in [-0.15, -0.1) is 0 Å². The summed E-state index contributed by atoms with van der Waals surface area (Å²) in [5.41, 5.74) is 2.51. The summed E-state index contributed by atoms with van der Waals surface area (Å²) in [4.78, 5) is 6.11. The molecule has 0 N–H and O–H groups in total. The summed E-state index contributed by atoms with van der Waals surface area (Å²) in [6.07, 6.45) is 8.93. The van der Waals surface area contributed by atoms with Gasteiger partial charge in [0.25, 0.3) is 0 Å². The molecule has 2 aliphatic carbocycles. The Morgan fingerprint density at radius 1 is 0.909 bits per heavy atom. The Hall–Kier alpha value is -1.89. The maximum absolute atomic E-state index is 13.2. The second-order valence-corrected chi connectivity index (χ2v) is 11.9. The van der Waals surface area contributed by atoms with Crippen molar-refractivity contribution in [2.75, 3.05) is 26.7 Å². The molecule has 2 fully saturated rings. The van der Waals surface area contributed by atoms with Crippen LogP contribution in [0.4, 0.5) is 0 Å². The number of ether oxygens (including phenoxy) is 1. The number of fused-ring (bicyclic) bond motifs is 1. The molecule has 0 spiro atoms. The van der Waals surface area contributed by atoms with E-state index in [9.17, 15) is 8.42 Å². The van der Waals surface area contributed by atoms with E-state index >= 15 is 0 Å². The van der Waals surface area contributed by atoms with Gasteiger partial charge in [0, 0.05) is 37.8 Å². The summed E-state index contributed by atoms with van der Waals surface area (Å²) in [5.74, 6) is 0.656. The summed E-state index contributed by atoms with van der Waals surface area (Å²) in [6.45, 7) is 5.79. The van der Waals surface area contributed by atoms with Crippen LogP contribution >= 0.6 is 0 Å². The highest BCUT2D eigenvalue weighted by atomic mass is 32.2. The molecule has 5 nitrogen and oxygen atoms in total. The van der Waals surface area contributed by atoms with Crippen LogP contribution in [0.5, 0.6) is 5.75 Å². The molecule has 6 heteroatoms. The van der Waals surface area contributed by atoms with Gasteiger partial charge < -0.3 is 4.74 Å². The standard InChI is InChI=1S/C27H36N2O3S/c1-20-19-28(22-6-4-3-5-7-22)16-17-29(20)27-15-8-21-18-25(13-14-26(21)27)33(30,31)24-11-9-23(32-2)10-12-24/h9-14,18,20,22,27H,3-8,15-17,19H2,1-2H3/t20-,27?/m1/s1. The minimum absolute atomic E-state index is 0.310. The van der Waals surface area contributed by atoms with Crippen molar-refractivity contribution in [2.24, 2.45) is 0 Å². The van der Waals surface area contributed by atoms with E-state index in [1.165, 1.54) is 43.2 Å². The van der Waals surface area contributed by atoms with Crippen LogP contribution < -0.4 is 4.74 Å². The number of rotatable bonds is 5. The van der Waals surface area contributed by atoms with Gasteiger partial charge in [-0.3, -0.25) is 9.80 Å². The fraction of sp³-hybridized carbons (Fsp3) is 0.556. The van der Waals surface area contributed by atoms with Crippen molar-refractivity contribution in [3.63, 3.8) is 0 Å². The third-order valence-electron chi connectivity index (χ3n) is 8.04. The molecular weight excluding hydrogens is 432 g/mol. The molecule has 2 aromatic carbocycles. The van der Waals surface area contributed by atoms with Crippen LogP contribution in [0.2, 0.25) is 0 Å². The van der Waals surface area contributed by atoms with Gasteiger partial charge in [0.1, 0.15) is 5.75 Å². The normalized spacial score (nSPS) is 25.2. The maximum Gasteiger partial charge on any atom is 0.206 e. The first kappa shape index (κ1) is 22.9. The van der Waals surface area contributed by atoms with E-state index in [0.717, 1.165) is 38.5 Å². The number of sulfone groups is 1. The van der Waals surface area contributed by atoms with E-state index in [0.29, 0.717) is 27.6 Å². The Labute approximate surface area is 198 Å². The molecule has 33 heavy (non-hydrogen) atoms. The third-order valence-corrected chi connectivity index (χ3v) is 9.81. The van der Waals surface area contributed by atoms with Gasteiger partial charge in [-0.25, -0.2) is 8.42 Å². The highest BCUT2D eigenvalue weighted by Crippen LogP contribution is 2.40. The van der Waals surface area contributed by atoms with Crippen LogP contribution in [0.3, 0.4) is 0 Å². The van der Waals surface area contributed by atoms with Gasteiger partial charge in [0.15, 0.2) is 0 Å². The van der Waals surface area contributed by atoms with E-state index in [1.807, 2.05) is 6.07 Å². The number of hydrogen-bond acceptors (Lipinski definition) is 5. The molecule has 1 saturated carbocycles. The summed E-state index contributed by atoms with van der Waals surface area (Å²) in [7, 11) is -1.95. The lowest BCUT2D eigenvalue weighted by atomic mass is 9.93. The zero-order valence-electron chi connectivity index (χ0n) is 19.9. The van der Waals surface area contributed by atoms with Crippen molar-refractivity contribution >= 4 is 9.84 Å². The average Bonchev–Trinajstić information content (AvgIpc) is 3.27. The third kappa shape index (κ3) is 4.45. The highest BCUT2D eigenvalue weighted by Gasteiger charge is 2.36. The average molecular weight is 469 g/mol. The SMILES string of the molecule is COc1ccc(S(=O)(=O)c2ccc3c(c2)CCC3N2CCN(C3CCCCC3)C[C@H]2C)cc1. The van der Waals surface area contributed by atoms with E-state index < -0.39 is 9.84 Å². The molecule has 1 unspecified atom stereocenters. The van der Waals surface area contributed by atoms with E-state index in [4.69, 9.17) is 4.74 Å². The molecule has 2 atom stereocenters. The molecule has 178 valence electrons. The summed E-state index contributed by atoms with van der Waals surface area (Å²) in [6, 6.07) is 14.1. The minimum atomic E-state index is -3.53. The van der Waals surface area contributed by atoms with Crippen molar-refractivity contribution in [3.8, 4) is 5.75 Å². The van der Waals surface area contributed by atoms with Crippen LogP contribution in [-0.4, -0.2) is 57.0 Å². The quantitative estimate of drug-likeness (QED) is 0.628. The molecule has 1 saturated heterocycles. The van der Waals surface area contributed by atoms with Crippen molar-refractivity contribution < 1.29 is 13.2 Å². The van der Waals surface area contributed by atoms with Crippen LogP contribution in [0.1, 0.15) is 62.6 Å². The van der Waals surface area contributed by atoms with Crippen molar-refractivity contribution in [1.29, 1.82) is 0 Å². The Morgan fingerprint density at radius 2 is 1.64 bits per heavy atom. The molecule has 1 aliphatic heterocycles. The summed E-state index contributed by atoms with van der Waals surface area (Å²) in [5, 5.41) is 0. The summed E-state index contributed by atoms with van der Waals surface area (Å²) >= 11 is 0. The fourth-order valence-electron chi connectivity index (χ4n) is 6.21. The van der Waals surface area contributed by atoms with Crippen molar-refractivity contribution in [1.82, 2.24) is 9.80 Å². The van der Waals surface area contributed by atoms with Gasteiger partial charge in [-0.2, -0.15) is 0 Å².